The highest BCUT2D eigenvalue weighted by Gasteiger charge is 2.06. The van der Waals surface area contributed by atoms with Gasteiger partial charge in [0.25, 0.3) is 0 Å². The molecule has 1 N–H and O–H groups in total. The van der Waals surface area contributed by atoms with Crippen LogP contribution in [0.1, 0.15) is 24.7 Å². The first-order valence-corrected chi connectivity index (χ1v) is 6.72. The van der Waals surface area contributed by atoms with Gasteiger partial charge in [-0.25, -0.2) is 9.97 Å². The van der Waals surface area contributed by atoms with Crippen LogP contribution < -0.4 is 5.32 Å². The number of hydrogen-bond acceptors (Lipinski definition) is 5. The number of nitriles is 1. The highest BCUT2D eigenvalue weighted by molar-refractivity contribution is 7.99. The molecule has 0 aliphatic heterocycles. The summed E-state index contributed by atoms with van der Waals surface area (Å²) in [6, 6.07) is 4.13. The molecule has 0 bridgehead atoms. The van der Waals surface area contributed by atoms with Crippen LogP contribution in [0.5, 0.6) is 0 Å². The Morgan fingerprint density at radius 3 is 2.59 bits per heavy atom. The molecule has 1 aromatic rings. The van der Waals surface area contributed by atoms with Crippen molar-refractivity contribution in [1.29, 1.82) is 5.26 Å². The Morgan fingerprint density at radius 1 is 1.41 bits per heavy atom. The van der Waals surface area contributed by atoms with Crippen LogP contribution >= 0.6 is 11.8 Å². The van der Waals surface area contributed by atoms with E-state index in [4.69, 9.17) is 5.26 Å². The Hall–Kier alpha value is -1.12. The van der Waals surface area contributed by atoms with Gasteiger partial charge < -0.3 is 5.32 Å². The molecule has 0 aromatic carbocycles. The van der Waals surface area contributed by atoms with Gasteiger partial charge in [-0.2, -0.15) is 5.26 Å². The maximum absolute atomic E-state index is 8.89. The molecule has 1 aromatic heterocycles. The Morgan fingerprint density at radius 2 is 2.06 bits per heavy atom. The lowest BCUT2D eigenvalue weighted by Gasteiger charge is -2.08. The van der Waals surface area contributed by atoms with Crippen LogP contribution in [0.2, 0.25) is 0 Å². The van der Waals surface area contributed by atoms with Gasteiger partial charge in [0, 0.05) is 17.1 Å². The fourth-order valence-electron chi connectivity index (χ4n) is 1.48. The molecule has 92 valence electrons. The lowest BCUT2D eigenvalue weighted by Crippen LogP contribution is -2.27. The zero-order chi connectivity index (χ0) is 12.7. The van der Waals surface area contributed by atoms with Gasteiger partial charge in [0.15, 0.2) is 5.16 Å². The maximum atomic E-state index is 8.89. The number of thioether (sulfide) groups is 1. The smallest absolute Gasteiger partial charge is 0.187 e. The molecule has 0 saturated carbocycles. The zero-order valence-corrected chi connectivity index (χ0v) is 11.3. The molecule has 0 aliphatic carbocycles. The van der Waals surface area contributed by atoms with E-state index in [1.54, 1.807) is 11.8 Å². The molecule has 1 rings (SSSR count). The van der Waals surface area contributed by atoms with Gasteiger partial charge in [-0.15, -0.1) is 0 Å². The van der Waals surface area contributed by atoms with Gasteiger partial charge in [-0.1, -0.05) is 18.7 Å². The lowest BCUT2D eigenvalue weighted by atomic mass is 10.2. The predicted molar refractivity (Wildman–Crippen MR) is 69.9 cm³/mol. The molecule has 4 nitrogen and oxygen atoms in total. The number of nitrogens with one attached hydrogen (secondary N) is 1. The first-order valence-electron chi connectivity index (χ1n) is 5.73. The van der Waals surface area contributed by atoms with Gasteiger partial charge in [0.1, 0.15) is 0 Å². The van der Waals surface area contributed by atoms with Crippen LogP contribution in [0.15, 0.2) is 11.2 Å². The molecule has 0 fully saturated rings. The fraction of sp³-hybridized carbons (Fsp3) is 0.583. The number of rotatable bonds is 6. The van der Waals surface area contributed by atoms with Crippen molar-refractivity contribution >= 4 is 11.8 Å². The summed E-state index contributed by atoms with van der Waals surface area (Å²) in [6.07, 6.45) is 0.811. The van der Waals surface area contributed by atoms with Gasteiger partial charge in [-0.05, 0) is 32.9 Å². The molecule has 5 heteroatoms. The van der Waals surface area contributed by atoms with E-state index in [0.29, 0.717) is 0 Å². The number of aromatic nitrogens is 2. The van der Waals surface area contributed by atoms with Crippen molar-refractivity contribution in [1.82, 2.24) is 15.3 Å². The molecule has 1 atom stereocenters. The average Bonchev–Trinajstić information content (AvgIpc) is 2.26. The topological polar surface area (TPSA) is 61.6 Å². The molecular weight excluding hydrogens is 232 g/mol. The van der Waals surface area contributed by atoms with Crippen molar-refractivity contribution in [2.75, 3.05) is 12.3 Å². The van der Waals surface area contributed by atoms with E-state index >= 15 is 0 Å². The normalized spacial score (nSPS) is 12.1. The van der Waals surface area contributed by atoms with Crippen LogP contribution in [0, 0.1) is 25.2 Å². The molecular formula is C12H18N4S. The third-order valence-electron chi connectivity index (χ3n) is 2.21. The van der Waals surface area contributed by atoms with E-state index < -0.39 is 0 Å². The Balaban J connectivity index is 2.42. The molecule has 1 unspecified atom stereocenters. The molecule has 17 heavy (non-hydrogen) atoms. The Labute approximate surface area is 107 Å². The minimum Gasteiger partial charge on any atom is -0.302 e. The van der Waals surface area contributed by atoms with Gasteiger partial charge in [0.2, 0.25) is 0 Å². The number of hydrogen-bond donors (Lipinski definition) is 1. The second-order valence-electron chi connectivity index (χ2n) is 3.81. The van der Waals surface area contributed by atoms with Crippen molar-refractivity contribution in [3.63, 3.8) is 0 Å². The summed E-state index contributed by atoms with van der Waals surface area (Å²) in [7, 11) is 0. The Kier molecular flexibility index (Phi) is 5.95. The first-order chi connectivity index (χ1) is 8.15. The molecule has 0 amide bonds. The highest BCUT2D eigenvalue weighted by atomic mass is 32.2. The van der Waals surface area contributed by atoms with Crippen molar-refractivity contribution in [2.45, 2.75) is 38.4 Å². The third-order valence-corrected chi connectivity index (χ3v) is 3.09. The second-order valence-corrected chi connectivity index (χ2v) is 4.87. The lowest BCUT2D eigenvalue weighted by molar-refractivity contribution is 0.612. The first kappa shape index (κ1) is 13.9. The third kappa shape index (κ3) is 5.16. The van der Waals surface area contributed by atoms with Crippen molar-refractivity contribution in [3.8, 4) is 6.07 Å². The van der Waals surface area contributed by atoms with E-state index in [1.807, 2.05) is 26.8 Å². The summed E-state index contributed by atoms with van der Waals surface area (Å²) < 4.78 is 0. The molecule has 0 saturated heterocycles. The summed E-state index contributed by atoms with van der Waals surface area (Å²) in [4.78, 5) is 8.70. The summed E-state index contributed by atoms with van der Waals surface area (Å²) in [5.41, 5.74) is 1.98. The minimum atomic E-state index is -0.0709. The standard InChI is InChI=1S/C12H18N4S/c1-4-14-11(8-13)5-6-17-12-15-9(2)7-10(3)16-12/h7,11,14H,4-6H2,1-3H3. The van der Waals surface area contributed by atoms with Crippen LogP contribution in [-0.2, 0) is 0 Å². The van der Waals surface area contributed by atoms with Gasteiger partial charge >= 0.3 is 0 Å². The van der Waals surface area contributed by atoms with Crippen molar-refractivity contribution in [3.05, 3.63) is 17.5 Å². The highest BCUT2D eigenvalue weighted by Crippen LogP contribution is 2.15. The number of nitrogens with zero attached hydrogens (tertiary/aromatic N) is 3. The van der Waals surface area contributed by atoms with Gasteiger partial charge in [-0.3, -0.25) is 0 Å². The SMILES string of the molecule is CCNC(C#N)CCSc1nc(C)cc(C)n1. The van der Waals surface area contributed by atoms with E-state index in [-0.39, 0.29) is 6.04 Å². The minimum absolute atomic E-state index is 0.0709. The summed E-state index contributed by atoms with van der Waals surface area (Å²) in [6.45, 7) is 6.76. The number of aryl methyl sites for hydroxylation is 2. The Bertz CT molecular complexity index is 380. The van der Waals surface area contributed by atoms with E-state index in [9.17, 15) is 0 Å². The van der Waals surface area contributed by atoms with Crippen molar-refractivity contribution in [2.24, 2.45) is 0 Å². The van der Waals surface area contributed by atoms with E-state index in [2.05, 4.69) is 21.4 Å². The van der Waals surface area contributed by atoms with Crippen LogP contribution in [0.4, 0.5) is 0 Å². The fourth-order valence-corrected chi connectivity index (χ4v) is 2.44. The molecule has 0 aliphatic rings. The van der Waals surface area contributed by atoms with E-state index in [1.165, 1.54) is 0 Å². The summed E-state index contributed by atoms with van der Waals surface area (Å²) >= 11 is 1.60. The largest absolute Gasteiger partial charge is 0.302 e. The van der Waals surface area contributed by atoms with Crippen molar-refractivity contribution < 1.29 is 0 Å². The molecule has 1 heterocycles. The van der Waals surface area contributed by atoms with E-state index in [0.717, 1.165) is 35.3 Å². The quantitative estimate of drug-likeness (QED) is 0.618. The summed E-state index contributed by atoms with van der Waals surface area (Å²) in [5.74, 6) is 0.855. The maximum Gasteiger partial charge on any atom is 0.187 e. The van der Waals surface area contributed by atoms with Crippen LogP contribution in [0.3, 0.4) is 0 Å². The molecule has 0 radical (unpaired) electrons. The average molecular weight is 250 g/mol. The predicted octanol–water partition coefficient (Wildman–Crippen LogP) is 2.08. The van der Waals surface area contributed by atoms with Crippen LogP contribution in [-0.4, -0.2) is 28.3 Å². The molecule has 0 spiro atoms. The monoisotopic (exact) mass is 250 g/mol. The second kappa shape index (κ2) is 7.25. The van der Waals surface area contributed by atoms with Gasteiger partial charge in [0.05, 0.1) is 12.1 Å². The summed E-state index contributed by atoms with van der Waals surface area (Å²) in [5, 5.41) is 12.8. The van der Waals surface area contributed by atoms with Crippen LogP contribution in [0.25, 0.3) is 0 Å². The zero-order valence-electron chi connectivity index (χ0n) is 10.5.